The lowest BCUT2D eigenvalue weighted by Crippen LogP contribution is -2.64. The summed E-state index contributed by atoms with van der Waals surface area (Å²) in [5.41, 5.74) is -1.23. The first-order chi connectivity index (χ1) is 11.3. The van der Waals surface area contributed by atoms with E-state index in [-0.39, 0.29) is 23.4 Å². The molecule has 24 heavy (non-hydrogen) atoms. The van der Waals surface area contributed by atoms with E-state index in [0.717, 1.165) is 25.0 Å². The van der Waals surface area contributed by atoms with Crippen LogP contribution in [0.5, 0.6) is 0 Å². The molecule has 2 rings (SSSR count). The van der Waals surface area contributed by atoms with Crippen LogP contribution in [0.2, 0.25) is 0 Å². The quantitative estimate of drug-likeness (QED) is 0.858. The van der Waals surface area contributed by atoms with Crippen LogP contribution in [0.4, 0.5) is 23.8 Å². The second kappa shape index (κ2) is 6.92. The van der Waals surface area contributed by atoms with Crippen molar-refractivity contribution in [3.8, 4) is 0 Å². The van der Waals surface area contributed by atoms with Crippen LogP contribution in [0.25, 0.3) is 0 Å². The number of rotatable bonds is 5. The van der Waals surface area contributed by atoms with E-state index < -0.39 is 17.9 Å². The number of amides is 2. The van der Waals surface area contributed by atoms with Gasteiger partial charge in [0.25, 0.3) is 0 Å². The summed E-state index contributed by atoms with van der Waals surface area (Å²) in [6, 6.07) is 1.27. The number of aromatic nitrogens is 2. The monoisotopic (exact) mass is 346 g/mol. The lowest BCUT2D eigenvalue weighted by molar-refractivity contribution is -0.141. The molecule has 1 aromatic rings. The molecule has 1 heterocycles. The van der Waals surface area contributed by atoms with Gasteiger partial charge in [0.2, 0.25) is 0 Å². The lowest BCUT2D eigenvalue weighted by atomic mass is 9.58. The third-order valence-electron chi connectivity index (χ3n) is 4.89. The van der Waals surface area contributed by atoms with Gasteiger partial charge in [0.1, 0.15) is 0 Å². The van der Waals surface area contributed by atoms with Gasteiger partial charge in [-0.25, -0.2) is 4.79 Å². The maximum absolute atomic E-state index is 12.4. The highest BCUT2D eigenvalue weighted by atomic mass is 19.4. The molecule has 0 radical (unpaired) electrons. The first kappa shape index (κ1) is 18.4. The summed E-state index contributed by atoms with van der Waals surface area (Å²) in [6.45, 7) is 4.09. The summed E-state index contributed by atoms with van der Waals surface area (Å²) in [5.74, 6) is -0.0401. The van der Waals surface area contributed by atoms with E-state index in [0.29, 0.717) is 6.42 Å². The fourth-order valence-corrected chi connectivity index (χ4v) is 3.34. The van der Waals surface area contributed by atoms with Crippen LogP contribution >= 0.6 is 0 Å². The highest BCUT2D eigenvalue weighted by Crippen LogP contribution is 2.48. The molecule has 1 aliphatic carbocycles. The zero-order valence-corrected chi connectivity index (χ0v) is 13.8. The number of urea groups is 1. The van der Waals surface area contributed by atoms with Crippen LogP contribution in [0.3, 0.4) is 0 Å². The van der Waals surface area contributed by atoms with Crippen molar-refractivity contribution in [2.75, 3.05) is 12.4 Å². The molecule has 0 aromatic carbocycles. The summed E-state index contributed by atoms with van der Waals surface area (Å²) >= 11 is 0. The van der Waals surface area contributed by atoms with Crippen LogP contribution in [0, 0.1) is 5.41 Å². The Morgan fingerprint density at radius 1 is 1.33 bits per heavy atom. The minimum Gasteiger partial charge on any atom is -0.381 e. The molecule has 0 spiro atoms. The molecule has 6 nitrogen and oxygen atoms in total. The molecule has 0 bridgehead atoms. The van der Waals surface area contributed by atoms with Crippen molar-refractivity contribution in [1.82, 2.24) is 15.5 Å². The second-order valence-corrected chi connectivity index (χ2v) is 5.85. The number of ether oxygens (including phenoxy) is 1. The van der Waals surface area contributed by atoms with Crippen molar-refractivity contribution < 1.29 is 22.7 Å². The molecule has 1 fully saturated rings. The SMILES string of the molecule is CCC1(CC)C(NC(=O)Nc2ccc(C(F)(F)F)nn2)CC1OC. The molecule has 0 saturated heterocycles. The number of nitrogens with zero attached hydrogens (tertiary/aromatic N) is 2. The van der Waals surface area contributed by atoms with Crippen molar-refractivity contribution >= 4 is 11.8 Å². The average Bonchev–Trinajstić information content (AvgIpc) is 2.52. The third-order valence-corrected chi connectivity index (χ3v) is 4.89. The fraction of sp³-hybridized carbons (Fsp3) is 0.667. The van der Waals surface area contributed by atoms with Gasteiger partial charge in [-0.05, 0) is 31.4 Å². The molecule has 0 aliphatic heterocycles. The zero-order valence-electron chi connectivity index (χ0n) is 13.8. The molecular formula is C15H21F3N4O2. The summed E-state index contributed by atoms with van der Waals surface area (Å²) in [7, 11) is 1.65. The number of anilines is 1. The molecule has 1 aromatic heterocycles. The van der Waals surface area contributed by atoms with Crippen molar-refractivity contribution in [3.63, 3.8) is 0 Å². The first-order valence-corrected chi connectivity index (χ1v) is 7.78. The molecule has 2 amide bonds. The zero-order chi connectivity index (χ0) is 18.0. The van der Waals surface area contributed by atoms with Gasteiger partial charge < -0.3 is 10.1 Å². The minimum absolute atomic E-state index is 0.0401. The van der Waals surface area contributed by atoms with Crippen LogP contribution < -0.4 is 10.6 Å². The Morgan fingerprint density at radius 3 is 2.46 bits per heavy atom. The lowest BCUT2D eigenvalue weighted by Gasteiger charge is -2.54. The van der Waals surface area contributed by atoms with Crippen molar-refractivity contribution in [1.29, 1.82) is 0 Å². The maximum Gasteiger partial charge on any atom is 0.435 e. The van der Waals surface area contributed by atoms with Crippen molar-refractivity contribution in [2.24, 2.45) is 5.41 Å². The van der Waals surface area contributed by atoms with E-state index in [1.807, 2.05) is 13.8 Å². The molecule has 9 heteroatoms. The van der Waals surface area contributed by atoms with Crippen LogP contribution in [0.15, 0.2) is 12.1 Å². The van der Waals surface area contributed by atoms with Gasteiger partial charge in [-0.15, -0.1) is 10.2 Å². The van der Waals surface area contributed by atoms with Gasteiger partial charge in [-0.1, -0.05) is 13.8 Å². The van der Waals surface area contributed by atoms with Gasteiger partial charge in [-0.3, -0.25) is 5.32 Å². The predicted molar refractivity (Wildman–Crippen MR) is 81.4 cm³/mol. The third kappa shape index (κ3) is 3.45. The van der Waals surface area contributed by atoms with Crippen LogP contribution in [-0.2, 0) is 10.9 Å². The number of hydrogen-bond donors (Lipinski definition) is 2. The Morgan fingerprint density at radius 2 is 2.00 bits per heavy atom. The van der Waals surface area contributed by atoms with E-state index in [1.54, 1.807) is 7.11 Å². The van der Waals surface area contributed by atoms with Gasteiger partial charge in [0.05, 0.1) is 6.10 Å². The Balaban J connectivity index is 1.96. The van der Waals surface area contributed by atoms with E-state index >= 15 is 0 Å². The summed E-state index contributed by atoms with van der Waals surface area (Å²) < 4.78 is 42.7. The van der Waals surface area contributed by atoms with E-state index in [2.05, 4.69) is 20.8 Å². The Labute approximate surface area is 138 Å². The Hall–Kier alpha value is -1.90. The predicted octanol–water partition coefficient (Wildman–Crippen LogP) is 3.21. The number of halogens is 3. The van der Waals surface area contributed by atoms with Crippen molar-refractivity contribution in [3.05, 3.63) is 17.8 Å². The largest absolute Gasteiger partial charge is 0.435 e. The maximum atomic E-state index is 12.4. The number of alkyl halides is 3. The average molecular weight is 346 g/mol. The Kier molecular flexibility index (Phi) is 5.32. The summed E-state index contributed by atoms with van der Waals surface area (Å²) in [6.07, 6.45) is -2.06. The van der Waals surface area contributed by atoms with Crippen LogP contribution in [0.1, 0.15) is 38.8 Å². The molecular weight excluding hydrogens is 325 g/mol. The second-order valence-electron chi connectivity index (χ2n) is 5.85. The van der Waals surface area contributed by atoms with Crippen LogP contribution in [-0.4, -0.2) is 35.5 Å². The summed E-state index contributed by atoms with van der Waals surface area (Å²) in [5, 5.41) is 11.7. The number of carbonyl (C=O) groups excluding carboxylic acids is 1. The van der Waals surface area contributed by atoms with Gasteiger partial charge in [0.15, 0.2) is 11.5 Å². The molecule has 2 N–H and O–H groups in total. The van der Waals surface area contributed by atoms with Gasteiger partial charge in [-0.2, -0.15) is 13.2 Å². The minimum atomic E-state index is -4.56. The Bertz CT molecular complexity index is 573. The topological polar surface area (TPSA) is 76.1 Å². The highest BCUT2D eigenvalue weighted by molar-refractivity contribution is 5.88. The van der Waals surface area contributed by atoms with Gasteiger partial charge in [0, 0.05) is 18.6 Å². The molecule has 134 valence electrons. The number of carbonyl (C=O) groups is 1. The molecule has 1 saturated carbocycles. The highest BCUT2D eigenvalue weighted by Gasteiger charge is 2.53. The number of nitrogens with one attached hydrogen (secondary N) is 2. The standard InChI is InChI=1S/C15H21F3N4O2/c1-4-14(5-2)10(8-11(14)24-3)19-13(23)20-12-7-6-9(21-22-12)15(16,17)18/h6-7,10-11H,4-5,8H2,1-3H3,(H2,19,20,22,23). The summed E-state index contributed by atoms with van der Waals surface area (Å²) in [4.78, 5) is 12.1. The fourth-order valence-electron chi connectivity index (χ4n) is 3.34. The number of methoxy groups -OCH3 is 1. The van der Waals surface area contributed by atoms with E-state index in [4.69, 9.17) is 4.74 Å². The van der Waals surface area contributed by atoms with Gasteiger partial charge >= 0.3 is 12.2 Å². The normalized spacial score (nSPS) is 22.6. The van der Waals surface area contributed by atoms with E-state index in [9.17, 15) is 18.0 Å². The molecule has 2 atom stereocenters. The molecule has 1 aliphatic rings. The smallest absolute Gasteiger partial charge is 0.381 e. The number of hydrogen-bond acceptors (Lipinski definition) is 4. The molecule has 2 unspecified atom stereocenters. The van der Waals surface area contributed by atoms with E-state index in [1.165, 1.54) is 0 Å². The van der Waals surface area contributed by atoms with Crippen molar-refractivity contribution in [2.45, 2.75) is 51.4 Å². The first-order valence-electron chi connectivity index (χ1n) is 7.78.